The van der Waals surface area contributed by atoms with Crippen LogP contribution in [0.1, 0.15) is 45.6 Å². The average Bonchev–Trinajstić information content (AvgIpc) is 2.45. The molecule has 0 aromatic carbocycles. The zero-order chi connectivity index (χ0) is 13.9. The molecule has 0 unspecified atom stereocenters. The molecule has 0 saturated heterocycles. The van der Waals surface area contributed by atoms with Crippen molar-refractivity contribution in [1.29, 1.82) is 0 Å². The molecule has 1 aromatic rings. The third kappa shape index (κ3) is 6.39. The molecular formula is C16H26N2O. The number of nitrogens with zero attached hydrogens (tertiary/aromatic N) is 1. The number of hydrogen-bond acceptors (Lipinski definition) is 3. The minimum Gasteiger partial charge on any atom is -0.492 e. The maximum absolute atomic E-state index is 5.60. The normalized spacial score (nSPS) is 11.6. The molecule has 0 amide bonds. The minimum atomic E-state index is 0.745. The van der Waals surface area contributed by atoms with Crippen LogP contribution in [0.4, 0.5) is 0 Å². The maximum atomic E-state index is 5.60. The van der Waals surface area contributed by atoms with Crippen molar-refractivity contribution in [2.75, 3.05) is 19.7 Å². The molecule has 1 aromatic heterocycles. The Morgan fingerprint density at radius 1 is 1.26 bits per heavy atom. The van der Waals surface area contributed by atoms with Gasteiger partial charge in [-0.15, -0.1) is 0 Å². The molecule has 0 atom stereocenters. The summed E-state index contributed by atoms with van der Waals surface area (Å²) in [7, 11) is 0. The Kier molecular flexibility index (Phi) is 7.91. The fourth-order valence-corrected chi connectivity index (χ4v) is 1.74. The van der Waals surface area contributed by atoms with Crippen molar-refractivity contribution in [3.8, 4) is 5.75 Å². The van der Waals surface area contributed by atoms with Crippen LogP contribution < -0.4 is 10.1 Å². The van der Waals surface area contributed by atoms with E-state index < -0.39 is 0 Å². The number of pyridine rings is 1. The molecule has 1 N–H and O–H groups in total. The smallest absolute Gasteiger partial charge is 0.138 e. The standard InChI is InChI=1S/C16H26N2O/c1-4-8-17-9-6-7-14(3)15-11-16(13-18-12-15)19-10-5-2/h7,11-13,17H,4-6,8-10H2,1-3H3/b14-7-. The molecule has 0 aliphatic carbocycles. The zero-order valence-electron chi connectivity index (χ0n) is 12.4. The molecular weight excluding hydrogens is 236 g/mol. The van der Waals surface area contributed by atoms with Crippen molar-refractivity contribution < 1.29 is 4.74 Å². The SMILES string of the molecule is CCCNCC/C=C(/C)c1cncc(OCCC)c1. The van der Waals surface area contributed by atoms with Crippen LogP contribution in [0.5, 0.6) is 5.75 Å². The first-order valence-corrected chi connectivity index (χ1v) is 7.23. The molecule has 0 spiro atoms. The molecule has 0 aliphatic rings. The van der Waals surface area contributed by atoms with E-state index in [2.05, 4.69) is 43.2 Å². The second-order valence-corrected chi connectivity index (χ2v) is 4.68. The van der Waals surface area contributed by atoms with Crippen molar-refractivity contribution in [3.05, 3.63) is 30.1 Å². The van der Waals surface area contributed by atoms with Crippen LogP contribution in [-0.4, -0.2) is 24.7 Å². The van der Waals surface area contributed by atoms with Crippen LogP contribution in [0.15, 0.2) is 24.5 Å². The van der Waals surface area contributed by atoms with Gasteiger partial charge in [0.1, 0.15) is 5.75 Å². The second-order valence-electron chi connectivity index (χ2n) is 4.68. The van der Waals surface area contributed by atoms with E-state index >= 15 is 0 Å². The molecule has 0 fully saturated rings. The average molecular weight is 262 g/mol. The van der Waals surface area contributed by atoms with Gasteiger partial charge in [-0.3, -0.25) is 4.98 Å². The highest BCUT2D eigenvalue weighted by Crippen LogP contribution is 2.18. The zero-order valence-corrected chi connectivity index (χ0v) is 12.4. The van der Waals surface area contributed by atoms with Crippen molar-refractivity contribution in [3.63, 3.8) is 0 Å². The summed E-state index contributed by atoms with van der Waals surface area (Å²) in [5, 5.41) is 3.40. The maximum Gasteiger partial charge on any atom is 0.138 e. The van der Waals surface area contributed by atoms with Gasteiger partial charge in [-0.25, -0.2) is 0 Å². The number of ether oxygens (including phenoxy) is 1. The van der Waals surface area contributed by atoms with Crippen molar-refractivity contribution >= 4 is 5.57 Å². The van der Waals surface area contributed by atoms with Crippen LogP contribution in [0, 0.1) is 0 Å². The number of allylic oxidation sites excluding steroid dienone is 1. The van der Waals surface area contributed by atoms with Crippen molar-refractivity contribution in [2.24, 2.45) is 0 Å². The molecule has 3 heteroatoms. The number of hydrogen-bond donors (Lipinski definition) is 1. The first kappa shape index (κ1) is 15.7. The Labute approximate surface area is 117 Å². The summed E-state index contributed by atoms with van der Waals surface area (Å²) in [6.45, 7) is 9.28. The number of rotatable bonds is 9. The Morgan fingerprint density at radius 3 is 2.84 bits per heavy atom. The monoisotopic (exact) mass is 262 g/mol. The molecule has 106 valence electrons. The molecule has 19 heavy (non-hydrogen) atoms. The summed E-state index contributed by atoms with van der Waals surface area (Å²) in [5.74, 6) is 0.858. The van der Waals surface area contributed by atoms with Gasteiger partial charge in [0.25, 0.3) is 0 Å². The van der Waals surface area contributed by atoms with Gasteiger partial charge >= 0.3 is 0 Å². The minimum absolute atomic E-state index is 0.745. The summed E-state index contributed by atoms with van der Waals surface area (Å²) < 4.78 is 5.60. The summed E-state index contributed by atoms with van der Waals surface area (Å²) in [5.41, 5.74) is 2.40. The highest BCUT2D eigenvalue weighted by atomic mass is 16.5. The summed E-state index contributed by atoms with van der Waals surface area (Å²) in [4.78, 5) is 4.23. The third-order valence-corrected chi connectivity index (χ3v) is 2.84. The van der Waals surface area contributed by atoms with E-state index in [0.717, 1.165) is 43.9 Å². The van der Waals surface area contributed by atoms with Crippen LogP contribution in [-0.2, 0) is 0 Å². The van der Waals surface area contributed by atoms with Gasteiger partial charge in [-0.05, 0) is 56.5 Å². The van der Waals surface area contributed by atoms with Crippen LogP contribution >= 0.6 is 0 Å². The molecule has 1 rings (SSSR count). The van der Waals surface area contributed by atoms with E-state index in [1.54, 1.807) is 6.20 Å². The predicted octanol–water partition coefficient (Wildman–Crippen LogP) is 3.66. The molecule has 3 nitrogen and oxygen atoms in total. The lowest BCUT2D eigenvalue weighted by molar-refractivity contribution is 0.316. The fraction of sp³-hybridized carbons (Fsp3) is 0.562. The molecule has 0 radical (unpaired) electrons. The predicted molar refractivity (Wildman–Crippen MR) is 81.5 cm³/mol. The topological polar surface area (TPSA) is 34.2 Å². The summed E-state index contributed by atoms with van der Waals surface area (Å²) >= 11 is 0. The van der Waals surface area contributed by atoms with E-state index in [1.807, 2.05) is 6.20 Å². The van der Waals surface area contributed by atoms with Gasteiger partial charge in [0.15, 0.2) is 0 Å². The van der Waals surface area contributed by atoms with E-state index in [1.165, 1.54) is 12.0 Å². The first-order chi connectivity index (χ1) is 9.27. The Morgan fingerprint density at radius 2 is 2.11 bits per heavy atom. The van der Waals surface area contributed by atoms with Crippen LogP contribution in [0.2, 0.25) is 0 Å². The molecule has 0 aliphatic heterocycles. The van der Waals surface area contributed by atoms with Gasteiger partial charge in [0.2, 0.25) is 0 Å². The number of nitrogens with one attached hydrogen (secondary N) is 1. The first-order valence-electron chi connectivity index (χ1n) is 7.23. The lowest BCUT2D eigenvalue weighted by Gasteiger charge is -2.07. The van der Waals surface area contributed by atoms with Gasteiger partial charge < -0.3 is 10.1 Å². The molecule has 0 bridgehead atoms. The fourth-order valence-electron chi connectivity index (χ4n) is 1.74. The summed E-state index contributed by atoms with van der Waals surface area (Å²) in [6.07, 6.45) is 9.17. The lowest BCUT2D eigenvalue weighted by Crippen LogP contribution is -2.15. The largest absolute Gasteiger partial charge is 0.492 e. The quantitative estimate of drug-likeness (QED) is 0.690. The Hall–Kier alpha value is -1.35. The van der Waals surface area contributed by atoms with Gasteiger partial charge in [-0.1, -0.05) is 19.9 Å². The van der Waals surface area contributed by atoms with E-state index in [-0.39, 0.29) is 0 Å². The van der Waals surface area contributed by atoms with Crippen molar-refractivity contribution in [2.45, 2.75) is 40.0 Å². The summed E-state index contributed by atoms with van der Waals surface area (Å²) in [6, 6.07) is 2.06. The molecule has 0 saturated carbocycles. The van der Waals surface area contributed by atoms with Gasteiger partial charge in [0.05, 0.1) is 12.8 Å². The van der Waals surface area contributed by atoms with Gasteiger partial charge in [0, 0.05) is 6.20 Å². The highest BCUT2D eigenvalue weighted by molar-refractivity contribution is 5.63. The second kappa shape index (κ2) is 9.56. The Bertz CT molecular complexity index is 388. The third-order valence-electron chi connectivity index (χ3n) is 2.84. The lowest BCUT2D eigenvalue weighted by atomic mass is 10.1. The van der Waals surface area contributed by atoms with Gasteiger partial charge in [-0.2, -0.15) is 0 Å². The van der Waals surface area contributed by atoms with E-state index in [9.17, 15) is 0 Å². The van der Waals surface area contributed by atoms with Crippen molar-refractivity contribution in [1.82, 2.24) is 10.3 Å². The van der Waals surface area contributed by atoms with E-state index in [4.69, 9.17) is 4.74 Å². The number of aromatic nitrogens is 1. The van der Waals surface area contributed by atoms with E-state index in [0.29, 0.717) is 0 Å². The Balaban J connectivity index is 2.50. The van der Waals surface area contributed by atoms with Crippen LogP contribution in [0.3, 0.4) is 0 Å². The highest BCUT2D eigenvalue weighted by Gasteiger charge is 1.99. The molecule has 1 heterocycles. The van der Waals surface area contributed by atoms with Crippen LogP contribution in [0.25, 0.3) is 5.57 Å².